The molecule has 0 saturated carbocycles. The van der Waals surface area contributed by atoms with Gasteiger partial charge in [-0.3, -0.25) is 4.79 Å². The topological polar surface area (TPSA) is 34.0 Å². The molecule has 0 unspecified atom stereocenters. The van der Waals surface area contributed by atoms with E-state index in [0.717, 1.165) is 23.0 Å². The highest BCUT2D eigenvalue weighted by atomic mass is 16.1. The quantitative estimate of drug-likeness (QED) is 0.238. The monoisotopic (exact) mass is 500 g/mol. The highest BCUT2D eigenvalue weighted by molar-refractivity contribution is 5.99. The summed E-state index contributed by atoms with van der Waals surface area (Å²) in [6, 6.07) is 33.8. The van der Waals surface area contributed by atoms with Crippen LogP contribution in [0.5, 0.6) is 0 Å². The number of fused-ring (bicyclic) bond motifs is 1. The second kappa shape index (κ2) is 10.7. The highest BCUT2D eigenvalue weighted by Crippen LogP contribution is 2.28. The van der Waals surface area contributed by atoms with Crippen LogP contribution in [0.15, 0.2) is 97.1 Å². The summed E-state index contributed by atoms with van der Waals surface area (Å²) in [5, 5.41) is 4.33. The highest BCUT2D eigenvalue weighted by Gasteiger charge is 2.16. The molecule has 0 aliphatic heterocycles. The summed E-state index contributed by atoms with van der Waals surface area (Å²) in [5.41, 5.74) is 10.4. The number of aromatic nitrogens is 1. The Morgan fingerprint density at radius 2 is 1.45 bits per heavy atom. The number of carbonyl (C=O) groups is 1. The van der Waals surface area contributed by atoms with Gasteiger partial charge in [-0.2, -0.15) is 0 Å². The van der Waals surface area contributed by atoms with Gasteiger partial charge >= 0.3 is 0 Å². The Morgan fingerprint density at radius 3 is 2.16 bits per heavy atom. The van der Waals surface area contributed by atoms with Crippen LogP contribution in [0.2, 0.25) is 0 Å². The zero-order chi connectivity index (χ0) is 26.8. The second-order valence-corrected chi connectivity index (χ2v) is 10.6. The van der Waals surface area contributed by atoms with E-state index in [1.165, 1.54) is 33.5 Å². The molecular weight excluding hydrogens is 464 g/mol. The van der Waals surface area contributed by atoms with Crippen LogP contribution in [0.4, 0.5) is 0 Å². The van der Waals surface area contributed by atoms with Crippen molar-refractivity contribution in [2.24, 2.45) is 0 Å². The number of aryl methyl sites for hydroxylation is 1. The molecule has 0 aliphatic rings. The van der Waals surface area contributed by atoms with Gasteiger partial charge in [0.2, 0.25) is 0 Å². The minimum absolute atomic E-state index is 0.0457. The fraction of sp³-hybridized carbons (Fsp3) is 0.229. The van der Waals surface area contributed by atoms with E-state index < -0.39 is 0 Å². The van der Waals surface area contributed by atoms with Crippen LogP contribution in [-0.4, -0.2) is 10.5 Å². The Balaban J connectivity index is 1.36. The molecule has 0 saturated heterocycles. The first-order valence-corrected chi connectivity index (χ1v) is 13.5. The standard InChI is InChI=1S/C35H36N2O/c1-23(2)30-12-9-13-31(20-30)25(4)36-35(38)32-18-19-34-33(21-32)24(3)26(5)37(34)22-27-14-16-29(17-15-27)28-10-7-6-8-11-28/h6-21,23,25H,22H2,1-5H3,(H,36,38)/t25-/m1/s1. The van der Waals surface area contributed by atoms with Gasteiger partial charge in [-0.1, -0.05) is 92.7 Å². The molecule has 0 spiro atoms. The molecule has 0 fully saturated rings. The molecule has 5 rings (SSSR count). The third kappa shape index (κ3) is 5.15. The van der Waals surface area contributed by atoms with Crippen LogP contribution in [0, 0.1) is 13.8 Å². The van der Waals surface area contributed by atoms with Crippen molar-refractivity contribution in [3.8, 4) is 11.1 Å². The van der Waals surface area contributed by atoms with Crippen molar-refractivity contribution in [1.29, 1.82) is 0 Å². The molecular formula is C35H36N2O. The molecule has 3 heteroatoms. The molecule has 1 N–H and O–H groups in total. The molecule has 0 radical (unpaired) electrons. The lowest BCUT2D eigenvalue weighted by atomic mass is 9.98. The van der Waals surface area contributed by atoms with Gasteiger partial charge in [0.05, 0.1) is 6.04 Å². The first-order chi connectivity index (χ1) is 18.3. The van der Waals surface area contributed by atoms with Crippen LogP contribution in [0.25, 0.3) is 22.0 Å². The van der Waals surface area contributed by atoms with Gasteiger partial charge in [0, 0.05) is 28.7 Å². The summed E-state index contributed by atoms with van der Waals surface area (Å²) in [6.45, 7) is 11.5. The second-order valence-electron chi connectivity index (χ2n) is 10.6. The molecule has 38 heavy (non-hydrogen) atoms. The molecule has 3 nitrogen and oxygen atoms in total. The smallest absolute Gasteiger partial charge is 0.251 e. The Bertz CT molecular complexity index is 1580. The van der Waals surface area contributed by atoms with E-state index in [1.54, 1.807) is 0 Å². The zero-order valence-corrected chi connectivity index (χ0v) is 23.0. The van der Waals surface area contributed by atoms with E-state index in [4.69, 9.17) is 0 Å². The minimum atomic E-state index is -0.0665. The number of rotatable bonds is 7. The third-order valence-electron chi connectivity index (χ3n) is 7.73. The molecule has 0 aliphatic carbocycles. The van der Waals surface area contributed by atoms with Crippen LogP contribution in [-0.2, 0) is 6.54 Å². The largest absolute Gasteiger partial charge is 0.346 e. The van der Waals surface area contributed by atoms with Crippen molar-refractivity contribution in [2.45, 2.75) is 53.1 Å². The molecule has 1 amide bonds. The fourth-order valence-corrected chi connectivity index (χ4v) is 5.16. The predicted molar refractivity (Wildman–Crippen MR) is 159 cm³/mol. The van der Waals surface area contributed by atoms with Crippen molar-refractivity contribution in [3.05, 3.63) is 131 Å². The minimum Gasteiger partial charge on any atom is -0.346 e. The van der Waals surface area contributed by atoms with Crippen molar-refractivity contribution in [1.82, 2.24) is 9.88 Å². The molecule has 1 atom stereocenters. The SMILES string of the molecule is Cc1c(C)n(Cc2ccc(-c3ccccc3)cc2)c2ccc(C(=O)N[C@H](C)c3cccc(C(C)C)c3)cc12. The van der Waals surface area contributed by atoms with Crippen molar-refractivity contribution < 1.29 is 4.79 Å². The number of hydrogen-bond donors (Lipinski definition) is 1. The Hall–Kier alpha value is -4.11. The van der Waals surface area contributed by atoms with Gasteiger partial charge < -0.3 is 9.88 Å². The van der Waals surface area contributed by atoms with Crippen LogP contribution in [0.3, 0.4) is 0 Å². The van der Waals surface area contributed by atoms with E-state index in [2.05, 4.69) is 116 Å². The maximum atomic E-state index is 13.2. The number of benzene rings is 4. The van der Waals surface area contributed by atoms with Crippen molar-refractivity contribution >= 4 is 16.8 Å². The van der Waals surface area contributed by atoms with Gasteiger partial charge in [0.1, 0.15) is 0 Å². The van der Waals surface area contributed by atoms with Crippen molar-refractivity contribution in [3.63, 3.8) is 0 Å². The van der Waals surface area contributed by atoms with Crippen molar-refractivity contribution in [2.75, 3.05) is 0 Å². The normalized spacial score (nSPS) is 12.2. The zero-order valence-electron chi connectivity index (χ0n) is 23.0. The number of nitrogens with zero attached hydrogens (tertiary/aromatic N) is 1. The molecule has 0 bridgehead atoms. The summed E-state index contributed by atoms with van der Waals surface area (Å²) >= 11 is 0. The summed E-state index contributed by atoms with van der Waals surface area (Å²) in [5.74, 6) is 0.410. The number of nitrogens with one attached hydrogen (secondary N) is 1. The molecule has 4 aromatic carbocycles. The van der Waals surface area contributed by atoms with E-state index in [-0.39, 0.29) is 11.9 Å². The van der Waals surface area contributed by atoms with Gasteiger partial charge in [-0.05, 0) is 78.3 Å². The first-order valence-electron chi connectivity index (χ1n) is 13.5. The maximum absolute atomic E-state index is 13.2. The number of hydrogen-bond acceptors (Lipinski definition) is 1. The summed E-state index contributed by atoms with van der Waals surface area (Å²) in [6.07, 6.45) is 0. The van der Waals surface area contributed by atoms with Crippen LogP contribution >= 0.6 is 0 Å². The summed E-state index contributed by atoms with van der Waals surface area (Å²) in [4.78, 5) is 13.2. The third-order valence-corrected chi connectivity index (χ3v) is 7.73. The van der Waals surface area contributed by atoms with E-state index in [9.17, 15) is 4.79 Å². The van der Waals surface area contributed by atoms with Gasteiger partial charge in [0.25, 0.3) is 5.91 Å². The lowest BCUT2D eigenvalue weighted by molar-refractivity contribution is 0.0940. The van der Waals surface area contributed by atoms with Crippen LogP contribution < -0.4 is 5.32 Å². The molecule has 1 heterocycles. The fourth-order valence-electron chi connectivity index (χ4n) is 5.16. The predicted octanol–water partition coefficient (Wildman–Crippen LogP) is 8.59. The van der Waals surface area contributed by atoms with E-state index >= 15 is 0 Å². The molecule has 5 aromatic rings. The average molecular weight is 501 g/mol. The Labute approximate surface area is 226 Å². The first kappa shape index (κ1) is 25.5. The summed E-state index contributed by atoms with van der Waals surface area (Å²) in [7, 11) is 0. The van der Waals surface area contributed by atoms with E-state index in [1.807, 2.05) is 25.1 Å². The van der Waals surface area contributed by atoms with Gasteiger partial charge in [-0.25, -0.2) is 0 Å². The maximum Gasteiger partial charge on any atom is 0.251 e. The van der Waals surface area contributed by atoms with Gasteiger partial charge in [-0.15, -0.1) is 0 Å². The summed E-state index contributed by atoms with van der Waals surface area (Å²) < 4.78 is 2.35. The van der Waals surface area contributed by atoms with Crippen LogP contribution in [0.1, 0.15) is 71.0 Å². The molecule has 1 aromatic heterocycles. The van der Waals surface area contributed by atoms with Gasteiger partial charge in [0.15, 0.2) is 0 Å². The number of carbonyl (C=O) groups excluding carboxylic acids is 1. The Kier molecular flexibility index (Phi) is 7.20. The lowest BCUT2D eigenvalue weighted by Gasteiger charge is -2.16. The average Bonchev–Trinajstić information content (AvgIpc) is 3.18. The lowest BCUT2D eigenvalue weighted by Crippen LogP contribution is -2.26. The number of amides is 1. The Morgan fingerprint density at radius 1 is 0.763 bits per heavy atom. The molecule has 192 valence electrons. The van der Waals surface area contributed by atoms with E-state index in [0.29, 0.717) is 11.5 Å².